The molecular weight excluding hydrogens is 240 g/mol. The highest BCUT2D eigenvalue weighted by molar-refractivity contribution is 6.32. The minimum atomic E-state index is -0.178. The quantitative estimate of drug-likeness (QED) is 0.838. The second-order valence-corrected chi connectivity index (χ2v) is 4.59. The zero-order valence-corrected chi connectivity index (χ0v) is 10.4. The summed E-state index contributed by atoms with van der Waals surface area (Å²) in [7, 11) is 0. The standard InChI is InChI=1S/C12H15ClN2O2/c1-8(9-4-6-17-7-9)15-12(16)10-3-2-5-14-11(10)13/h2-3,5,8-9H,4,6-7H2,1H3,(H,15,16). The number of halogens is 1. The van der Waals surface area contributed by atoms with Gasteiger partial charge in [0.15, 0.2) is 0 Å². The Morgan fingerprint density at radius 1 is 1.71 bits per heavy atom. The van der Waals surface area contributed by atoms with Gasteiger partial charge in [-0.2, -0.15) is 0 Å². The van der Waals surface area contributed by atoms with Crippen LogP contribution < -0.4 is 5.32 Å². The maximum absolute atomic E-state index is 12.0. The van der Waals surface area contributed by atoms with Gasteiger partial charge in [-0.05, 0) is 25.5 Å². The van der Waals surface area contributed by atoms with Gasteiger partial charge in [0.1, 0.15) is 5.15 Å². The van der Waals surface area contributed by atoms with Crippen molar-refractivity contribution in [1.29, 1.82) is 0 Å². The molecule has 0 bridgehead atoms. The molecule has 0 radical (unpaired) electrons. The fraction of sp³-hybridized carbons (Fsp3) is 0.500. The summed E-state index contributed by atoms with van der Waals surface area (Å²) < 4.78 is 5.30. The van der Waals surface area contributed by atoms with Crippen molar-refractivity contribution in [3.05, 3.63) is 29.0 Å². The molecule has 0 saturated carbocycles. The lowest BCUT2D eigenvalue weighted by Crippen LogP contribution is -2.38. The van der Waals surface area contributed by atoms with Gasteiger partial charge in [-0.1, -0.05) is 11.6 Å². The molecule has 1 aromatic rings. The molecule has 1 fully saturated rings. The lowest BCUT2D eigenvalue weighted by molar-refractivity contribution is 0.0922. The number of nitrogens with one attached hydrogen (secondary N) is 1. The summed E-state index contributed by atoms with van der Waals surface area (Å²) in [5.74, 6) is 0.205. The zero-order valence-electron chi connectivity index (χ0n) is 9.65. The Bertz CT molecular complexity index is 405. The van der Waals surface area contributed by atoms with E-state index in [-0.39, 0.29) is 17.1 Å². The molecule has 0 aromatic carbocycles. The Hall–Kier alpha value is -1.13. The van der Waals surface area contributed by atoms with Crippen LogP contribution in [-0.4, -0.2) is 30.1 Å². The minimum absolute atomic E-state index is 0.0845. The van der Waals surface area contributed by atoms with Crippen LogP contribution in [0.15, 0.2) is 18.3 Å². The molecule has 0 spiro atoms. The molecule has 1 aliphatic heterocycles. The highest BCUT2D eigenvalue weighted by atomic mass is 35.5. The van der Waals surface area contributed by atoms with Gasteiger partial charge in [-0.25, -0.2) is 4.98 Å². The van der Waals surface area contributed by atoms with Crippen molar-refractivity contribution >= 4 is 17.5 Å². The smallest absolute Gasteiger partial charge is 0.254 e. The molecule has 2 unspecified atom stereocenters. The fourth-order valence-corrected chi connectivity index (χ4v) is 2.11. The first-order valence-electron chi connectivity index (χ1n) is 5.67. The van der Waals surface area contributed by atoms with Crippen LogP contribution in [0.5, 0.6) is 0 Å². The molecule has 17 heavy (non-hydrogen) atoms. The molecule has 5 heteroatoms. The number of pyridine rings is 1. The lowest BCUT2D eigenvalue weighted by Gasteiger charge is -2.19. The molecule has 2 rings (SSSR count). The summed E-state index contributed by atoms with van der Waals surface area (Å²) in [6.45, 7) is 3.47. The molecular formula is C12H15ClN2O2. The van der Waals surface area contributed by atoms with E-state index in [1.54, 1.807) is 18.3 Å². The number of hydrogen-bond acceptors (Lipinski definition) is 3. The Balaban J connectivity index is 1.99. The number of rotatable bonds is 3. The maximum Gasteiger partial charge on any atom is 0.254 e. The van der Waals surface area contributed by atoms with E-state index in [1.807, 2.05) is 6.92 Å². The molecule has 4 nitrogen and oxygen atoms in total. The Labute approximate surface area is 105 Å². The first kappa shape index (κ1) is 12.3. The van der Waals surface area contributed by atoms with Gasteiger partial charge in [0.05, 0.1) is 12.2 Å². The van der Waals surface area contributed by atoms with Gasteiger partial charge >= 0.3 is 0 Å². The third-order valence-electron chi connectivity index (χ3n) is 3.03. The first-order valence-corrected chi connectivity index (χ1v) is 6.05. The predicted octanol–water partition coefficient (Wildman–Crippen LogP) is 1.89. The third-order valence-corrected chi connectivity index (χ3v) is 3.34. The predicted molar refractivity (Wildman–Crippen MR) is 65.1 cm³/mol. The third kappa shape index (κ3) is 2.96. The van der Waals surface area contributed by atoms with Gasteiger partial charge in [-0.15, -0.1) is 0 Å². The van der Waals surface area contributed by atoms with Crippen LogP contribution in [0.2, 0.25) is 5.15 Å². The van der Waals surface area contributed by atoms with Crippen LogP contribution in [0.4, 0.5) is 0 Å². The average molecular weight is 255 g/mol. The summed E-state index contributed by atoms with van der Waals surface area (Å²) in [5, 5.41) is 3.17. The highest BCUT2D eigenvalue weighted by Crippen LogP contribution is 2.17. The van der Waals surface area contributed by atoms with Crippen molar-refractivity contribution in [3.8, 4) is 0 Å². The van der Waals surface area contributed by atoms with E-state index in [0.29, 0.717) is 18.1 Å². The largest absolute Gasteiger partial charge is 0.381 e. The van der Waals surface area contributed by atoms with Crippen LogP contribution in [0, 0.1) is 5.92 Å². The molecule has 1 N–H and O–H groups in total. The Morgan fingerprint density at radius 3 is 3.18 bits per heavy atom. The second kappa shape index (κ2) is 5.47. The second-order valence-electron chi connectivity index (χ2n) is 4.23. The molecule has 0 aliphatic carbocycles. The summed E-state index contributed by atoms with van der Waals surface area (Å²) in [5.41, 5.74) is 0.417. The van der Waals surface area contributed by atoms with Crippen molar-refractivity contribution < 1.29 is 9.53 Å². The van der Waals surface area contributed by atoms with Gasteiger partial charge in [0, 0.05) is 24.8 Å². The van der Waals surface area contributed by atoms with Crippen LogP contribution in [-0.2, 0) is 4.74 Å². The summed E-state index contributed by atoms with van der Waals surface area (Å²) in [6.07, 6.45) is 2.55. The molecule has 92 valence electrons. The zero-order chi connectivity index (χ0) is 12.3. The monoisotopic (exact) mass is 254 g/mol. The number of ether oxygens (including phenoxy) is 1. The van der Waals surface area contributed by atoms with E-state index in [1.165, 1.54) is 0 Å². The van der Waals surface area contributed by atoms with Crippen molar-refractivity contribution in [3.63, 3.8) is 0 Å². The van der Waals surface area contributed by atoms with E-state index < -0.39 is 0 Å². The summed E-state index contributed by atoms with van der Waals surface area (Å²) in [6, 6.07) is 3.45. The number of hydrogen-bond donors (Lipinski definition) is 1. The van der Waals surface area contributed by atoms with Crippen LogP contribution in [0.3, 0.4) is 0 Å². The average Bonchev–Trinajstić information content (AvgIpc) is 2.82. The number of nitrogens with zero attached hydrogens (tertiary/aromatic N) is 1. The van der Waals surface area contributed by atoms with Gasteiger partial charge in [0.25, 0.3) is 5.91 Å². The normalized spacial score (nSPS) is 21.2. The first-order chi connectivity index (χ1) is 8.18. The molecule has 1 amide bonds. The number of carbonyl (C=O) groups is 1. The number of carbonyl (C=O) groups excluding carboxylic acids is 1. The van der Waals surface area contributed by atoms with Crippen molar-refractivity contribution in [1.82, 2.24) is 10.3 Å². The maximum atomic E-state index is 12.0. The summed E-state index contributed by atoms with van der Waals surface area (Å²) in [4.78, 5) is 15.8. The number of aromatic nitrogens is 1. The Morgan fingerprint density at radius 2 is 2.53 bits per heavy atom. The van der Waals surface area contributed by atoms with Crippen molar-refractivity contribution in [2.45, 2.75) is 19.4 Å². The van der Waals surface area contributed by atoms with Crippen molar-refractivity contribution in [2.24, 2.45) is 5.92 Å². The highest BCUT2D eigenvalue weighted by Gasteiger charge is 2.24. The Kier molecular flexibility index (Phi) is 3.97. The van der Waals surface area contributed by atoms with Crippen LogP contribution in [0.1, 0.15) is 23.7 Å². The SMILES string of the molecule is CC(NC(=O)c1cccnc1Cl)C1CCOC1. The van der Waals surface area contributed by atoms with E-state index in [2.05, 4.69) is 10.3 Å². The van der Waals surface area contributed by atoms with E-state index >= 15 is 0 Å². The van der Waals surface area contributed by atoms with Crippen LogP contribution >= 0.6 is 11.6 Å². The van der Waals surface area contributed by atoms with Gasteiger partial charge < -0.3 is 10.1 Å². The van der Waals surface area contributed by atoms with Crippen LogP contribution in [0.25, 0.3) is 0 Å². The minimum Gasteiger partial charge on any atom is -0.381 e. The fourth-order valence-electron chi connectivity index (χ4n) is 1.90. The number of amides is 1. The van der Waals surface area contributed by atoms with Crippen molar-refractivity contribution in [2.75, 3.05) is 13.2 Å². The topological polar surface area (TPSA) is 51.2 Å². The lowest BCUT2D eigenvalue weighted by atomic mass is 10.0. The van der Waals surface area contributed by atoms with E-state index in [9.17, 15) is 4.79 Å². The van der Waals surface area contributed by atoms with Gasteiger partial charge in [-0.3, -0.25) is 4.79 Å². The molecule has 1 aliphatic rings. The molecule has 2 atom stereocenters. The van der Waals surface area contributed by atoms with Gasteiger partial charge in [0.2, 0.25) is 0 Å². The molecule has 1 saturated heterocycles. The van der Waals surface area contributed by atoms with E-state index in [0.717, 1.165) is 13.0 Å². The van der Waals surface area contributed by atoms with E-state index in [4.69, 9.17) is 16.3 Å². The summed E-state index contributed by atoms with van der Waals surface area (Å²) >= 11 is 5.87. The molecule has 1 aromatic heterocycles. The molecule has 2 heterocycles.